The van der Waals surface area contributed by atoms with Crippen molar-refractivity contribution >= 4 is 22.7 Å². The Morgan fingerprint density at radius 3 is 2.82 bits per heavy atom. The highest BCUT2D eigenvalue weighted by Gasteiger charge is 2.00. The van der Waals surface area contributed by atoms with Crippen molar-refractivity contribution in [1.29, 1.82) is 5.41 Å². The lowest BCUT2D eigenvalue weighted by molar-refractivity contribution is -0.109. The number of benzene rings is 1. The molecule has 88 valence electrons. The average Bonchev–Trinajstić information content (AvgIpc) is 2.28. The monoisotopic (exact) mass is 246 g/mol. The van der Waals surface area contributed by atoms with Gasteiger partial charge in [-0.2, -0.15) is 0 Å². The third-order valence-corrected chi connectivity index (χ3v) is 2.79. The predicted molar refractivity (Wildman–Crippen MR) is 72.1 cm³/mol. The number of carbonyl (C=O) groups excluding carboxylic acids is 1. The van der Waals surface area contributed by atoms with Gasteiger partial charge in [-0.25, -0.2) is 0 Å². The molecule has 0 spiro atoms. The van der Waals surface area contributed by atoms with Gasteiger partial charge < -0.3 is 5.73 Å². The van der Waals surface area contributed by atoms with Gasteiger partial charge in [-0.15, -0.1) is 0 Å². The normalized spacial score (nSPS) is 9.24. The summed E-state index contributed by atoms with van der Waals surface area (Å²) >= 11 is 1.27. The predicted octanol–water partition coefficient (Wildman–Crippen LogP) is 1.99. The molecule has 0 bridgehead atoms. The van der Waals surface area contributed by atoms with Crippen LogP contribution in [0.25, 0.3) is 0 Å². The van der Waals surface area contributed by atoms with Crippen LogP contribution in [0.4, 0.5) is 0 Å². The molecule has 1 aromatic carbocycles. The quantitative estimate of drug-likeness (QED) is 0.371. The van der Waals surface area contributed by atoms with E-state index in [2.05, 4.69) is 11.8 Å². The van der Waals surface area contributed by atoms with Gasteiger partial charge in [0.1, 0.15) is 5.84 Å². The fourth-order valence-corrected chi connectivity index (χ4v) is 1.72. The number of rotatable bonds is 3. The molecular weight excluding hydrogens is 232 g/mol. The Bertz CT molecular complexity index is 486. The van der Waals surface area contributed by atoms with Crippen LogP contribution in [0.15, 0.2) is 24.3 Å². The largest absolute Gasteiger partial charge is 0.384 e. The lowest BCUT2D eigenvalue weighted by Gasteiger charge is -2.00. The molecule has 3 N–H and O–H groups in total. The average molecular weight is 246 g/mol. The van der Waals surface area contributed by atoms with Crippen molar-refractivity contribution in [2.75, 3.05) is 5.75 Å². The molecule has 4 heteroatoms. The first-order valence-electron chi connectivity index (χ1n) is 5.17. The van der Waals surface area contributed by atoms with Gasteiger partial charge >= 0.3 is 0 Å². The first-order chi connectivity index (χ1) is 8.11. The van der Waals surface area contributed by atoms with Crippen LogP contribution in [-0.2, 0) is 4.79 Å². The summed E-state index contributed by atoms with van der Waals surface area (Å²) in [6, 6.07) is 7.30. The van der Waals surface area contributed by atoms with Crippen LogP contribution in [-0.4, -0.2) is 16.7 Å². The maximum Gasteiger partial charge on any atom is 0.185 e. The second kappa shape index (κ2) is 6.77. The third-order valence-electron chi connectivity index (χ3n) is 1.97. The summed E-state index contributed by atoms with van der Waals surface area (Å²) in [6.07, 6.45) is 0.649. The van der Waals surface area contributed by atoms with Crippen LogP contribution >= 0.6 is 11.8 Å². The Labute approximate surface area is 105 Å². The Morgan fingerprint density at radius 2 is 2.18 bits per heavy atom. The van der Waals surface area contributed by atoms with Crippen LogP contribution in [0.3, 0.4) is 0 Å². The molecule has 0 atom stereocenters. The summed E-state index contributed by atoms with van der Waals surface area (Å²) in [7, 11) is 0. The summed E-state index contributed by atoms with van der Waals surface area (Å²) < 4.78 is 0. The summed E-state index contributed by atoms with van der Waals surface area (Å²) in [4.78, 5) is 10.7. The van der Waals surface area contributed by atoms with Gasteiger partial charge in [0.15, 0.2) is 5.12 Å². The molecule has 1 aromatic rings. The highest BCUT2D eigenvalue weighted by atomic mass is 32.2. The molecule has 0 saturated carbocycles. The van der Waals surface area contributed by atoms with Crippen molar-refractivity contribution in [3.05, 3.63) is 35.4 Å². The van der Waals surface area contributed by atoms with Gasteiger partial charge in [-0.1, -0.05) is 41.8 Å². The standard InChI is InChI=1S/C13H14N2OS/c1-10(16)17-9-5-4-7-11-6-2-3-8-12(11)13(14)15/h2-3,6,8H,5,9H2,1H3,(H3,14,15). The van der Waals surface area contributed by atoms with Crippen LogP contribution in [0.1, 0.15) is 24.5 Å². The molecular formula is C13H14N2OS. The molecule has 0 aliphatic heterocycles. The molecule has 0 unspecified atom stereocenters. The van der Waals surface area contributed by atoms with Gasteiger partial charge in [0.25, 0.3) is 0 Å². The van der Waals surface area contributed by atoms with Crippen molar-refractivity contribution in [3.8, 4) is 11.8 Å². The van der Waals surface area contributed by atoms with E-state index < -0.39 is 0 Å². The van der Waals surface area contributed by atoms with Crippen molar-refractivity contribution in [3.63, 3.8) is 0 Å². The van der Waals surface area contributed by atoms with Crippen molar-refractivity contribution in [1.82, 2.24) is 0 Å². The number of hydrogen-bond acceptors (Lipinski definition) is 3. The molecule has 17 heavy (non-hydrogen) atoms. The fourth-order valence-electron chi connectivity index (χ4n) is 1.23. The van der Waals surface area contributed by atoms with E-state index in [9.17, 15) is 4.79 Å². The third kappa shape index (κ3) is 4.75. The molecule has 3 nitrogen and oxygen atoms in total. The maximum absolute atomic E-state index is 10.7. The molecule has 1 rings (SSSR count). The van der Waals surface area contributed by atoms with Crippen molar-refractivity contribution < 1.29 is 4.79 Å². The molecule has 0 fully saturated rings. The molecule has 0 saturated heterocycles. The highest BCUT2D eigenvalue weighted by Crippen LogP contribution is 2.07. The van der Waals surface area contributed by atoms with Crippen LogP contribution < -0.4 is 5.73 Å². The molecule has 0 amide bonds. The Hall–Kier alpha value is -1.73. The topological polar surface area (TPSA) is 66.9 Å². The first kappa shape index (κ1) is 13.3. The molecule has 0 heterocycles. The van der Waals surface area contributed by atoms with E-state index in [0.29, 0.717) is 17.7 Å². The number of nitrogens with two attached hydrogens (primary N) is 1. The molecule has 0 radical (unpaired) electrons. The van der Waals surface area contributed by atoms with Gasteiger partial charge in [-0.05, 0) is 6.07 Å². The van der Waals surface area contributed by atoms with E-state index in [1.807, 2.05) is 18.2 Å². The smallest absolute Gasteiger partial charge is 0.185 e. The van der Waals surface area contributed by atoms with Gasteiger partial charge in [0.2, 0.25) is 0 Å². The lowest BCUT2D eigenvalue weighted by Crippen LogP contribution is -2.12. The van der Waals surface area contributed by atoms with E-state index in [1.165, 1.54) is 11.8 Å². The number of carbonyl (C=O) groups is 1. The van der Waals surface area contributed by atoms with Crippen molar-refractivity contribution in [2.45, 2.75) is 13.3 Å². The highest BCUT2D eigenvalue weighted by molar-refractivity contribution is 8.13. The Morgan fingerprint density at radius 1 is 1.47 bits per heavy atom. The summed E-state index contributed by atoms with van der Waals surface area (Å²) in [5, 5.41) is 7.52. The van der Waals surface area contributed by atoms with Crippen LogP contribution in [0.2, 0.25) is 0 Å². The van der Waals surface area contributed by atoms with Crippen LogP contribution in [0, 0.1) is 17.3 Å². The van der Waals surface area contributed by atoms with E-state index in [1.54, 1.807) is 13.0 Å². The lowest BCUT2D eigenvalue weighted by atomic mass is 10.1. The van der Waals surface area contributed by atoms with Gasteiger partial charge in [-0.3, -0.25) is 10.2 Å². The summed E-state index contributed by atoms with van der Waals surface area (Å²) in [5.74, 6) is 6.67. The van der Waals surface area contributed by atoms with E-state index in [0.717, 1.165) is 5.56 Å². The SMILES string of the molecule is CC(=O)SCCC#Cc1ccccc1C(=N)N. The van der Waals surface area contributed by atoms with Gasteiger partial charge in [0.05, 0.1) is 0 Å². The molecule has 0 aromatic heterocycles. The maximum atomic E-state index is 10.7. The Kier molecular flexibility index (Phi) is 5.31. The number of hydrogen-bond donors (Lipinski definition) is 2. The minimum Gasteiger partial charge on any atom is -0.384 e. The number of nitrogen functional groups attached to an aromatic ring is 1. The first-order valence-corrected chi connectivity index (χ1v) is 6.15. The molecule has 0 aliphatic carbocycles. The number of amidine groups is 1. The molecule has 0 aliphatic rings. The second-order valence-electron chi connectivity index (χ2n) is 3.35. The number of nitrogens with one attached hydrogen (secondary N) is 1. The van der Waals surface area contributed by atoms with Gasteiger partial charge in [0, 0.05) is 30.2 Å². The summed E-state index contributed by atoms with van der Waals surface area (Å²) in [5.41, 5.74) is 6.86. The zero-order chi connectivity index (χ0) is 12.7. The van der Waals surface area contributed by atoms with Crippen molar-refractivity contribution in [2.24, 2.45) is 5.73 Å². The zero-order valence-corrected chi connectivity index (χ0v) is 10.4. The zero-order valence-electron chi connectivity index (χ0n) is 9.62. The van der Waals surface area contributed by atoms with E-state index >= 15 is 0 Å². The number of thioether (sulfide) groups is 1. The second-order valence-corrected chi connectivity index (χ2v) is 4.62. The summed E-state index contributed by atoms with van der Waals surface area (Å²) in [6.45, 7) is 1.54. The minimum atomic E-state index is 0.0213. The minimum absolute atomic E-state index is 0.0213. The Balaban J connectivity index is 2.65. The fraction of sp³-hybridized carbons (Fsp3) is 0.231. The van der Waals surface area contributed by atoms with E-state index in [-0.39, 0.29) is 11.0 Å². The van der Waals surface area contributed by atoms with E-state index in [4.69, 9.17) is 11.1 Å². The van der Waals surface area contributed by atoms with Crippen LogP contribution in [0.5, 0.6) is 0 Å².